The molecule has 0 radical (unpaired) electrons. The lowest BCUT2D eigenvalue weighted by molar-refractivity contribution is -0.141. The van der Waals surface area contributed by atoms with Gasteiger partial charge in [-0.15, -0.1) is 22.0 Å². The molecule has 1 amide bonds. The van der Waals surface area contributed by atoms with Crippen molar-refractivity contribution in [2.75, 3.05) is 0 Å². The number of ether oxygens (including phenoxy) is 1. The van der Waals surface area contributed by atoms with E-state index in [-0.39, 0.29) is 34.8 Å². The lowest BCUT2D eigenvalue weighted by Crippen LogP contribution is -2.43. The van der Waals surface area contributed by atoms with Crippen molar-refractivity contribution in [1.82, 2.24) is 45.0 Å². The van der Waals surface area contributed by atoms with Crippen LogP contribution < -0.4 is 5.62 Å². The summed E-state index contributed by atoms with van der Waals surface area (Å²) < 4.78 is 46.9. The minimum atomic E-state index is -4.73. The predicted octanol–water partition coefficient (Wildman–Crippen LogP) is 1.51. The molecule has 194 valence electrons. The summed E-state index contributed by atoms with van der Waals surface area (Å²) in [6.45, 7) is 3.03. The van der Waals surface area contributed by atoms with Crippen LogP contribution in [0.1, 0.15) is 47.8 Å². The van der Waals surface area contributed by atoms with E-state index in [4.69, 9.17) is 9.84 Å². The zero-order chi connectivity index (χ0) is 26.7. The van der Waals surface area contributed by atoms with Gasteiger partial charge < -0.3 is 9.84 Å². The van der Waals surface area contributed by atoms with Gasteiger partial charge in [0.25, 0.3) is 11.5 Å². The number of thioether (sulfide) groups is 1. The van der Waals surface area contributed by atoms with Crippen LogP contribution in [0.5, 0.6) is 0 Å². The number of pyridine rings is 1. The summed E-state index contributed by atoms with van der Waals surface area (Å²) in [6, 6.07) is 1.67. The normalized spacial score (nSPS) is 14.0. The summed E-state index contributed by atoms with van der Waals surface area (Å²) in [5.74, 6) is -0.454. The molecule has 36 heavy (non-hydrogen) atoms. The molecule has 0 spiro atoms. The monoisotopic (exact) mass is 530 g/mol. The molecular formula is C18H21F3N10O4S. The van der Waals surface area contributed by atoms with Crippen molar-refractivity contribution in [1.29, 1.82) is 0 Å². The van der Waals surface area contributed by atoms with Crippen LogP contribution in [0.3, 0.4) is 0 Å². The topological polar surface area (TPSA) is 168 Å². The number of amides is 1. The van der Waals surface area contributed by atoms with Gasteiger partial charge in [0.1, 0.15) is 5.69 Å². The molecule has 14 nitrogen and oxygen atoms in total. The molecule has 3 aromatic heterocycles. The van der Waals surface area contributed by atoms with E-state index in [1.807, 2.05) is 0 Å². The predicted molar refractivity (Wildman–Crippen MR) is 115 cm³/mol. The first-order valence-electron chi connectivity index (χ1n) is 10.2. The van der Waals surface area contributed by atoms with E-state index < -0.39 is 29.7 Å². The smallest absolute Gasteiger partial charge is 0.450 e. The number of carboxylic acid groups (broad SMARTS) is 1. The van der Waals surface area contributed by atoms with E-state index in [9.17, 15) is 22.8 Å². The molecule has 1 unspecified atom stereocenters. The number of alkyl halides is 3. The molecule has 0 aromatic carbocycles. The van der Waals surface area contributed by atoms with E-state index in [0.29, 0.717) is 11.9 Å². The number of hydrogen-bond acceptors (Lipinski definition) is 10. The summed E-state index contributed by atoms with van der Waals surface area (Å²) in [5.41, 5.74) is -3.26. The van der Waals surface area contributed by atoms with E-state index in [2.05, 4.69) is 35.8 Å². The van der Waals surface area contributed by atoms with Gasteiger partial charge in [-0.2, -0.15) is 27.6 Å². The first-order chi connectivity index (χ1) is 16.8. The van der Waals surface area contributed by atoms with Crippen LogP contribution >= 0.6 is 11.8 Å². The molecular weight excluding hydrogens is 509 g/mol. The molecule has 1 N–H and O–H groups in total. The number of carbonyl (C=O) groups is 2. The molecule has 3 heterocycles. The molecule has 1 atom stereocenters. The molecule has 0 aliphatic heterocycles. The number of nitrogens with zero attached hydrogens (tertiary/aromatic N) is 10. The standard InChI is InChI=1S/C18H21F3N10O4S/c1-5-17(2,35-16(33)34)31-15(29(3)27-28-31)23-14(32)10-6-7-12(18(19,20)21)22-11(10)8-36-9-13-24-26-30(4)25-13/h6-7H,5,8-9H2,1-4H3,(H,33,34). The molecule has 3 aromatic rings. The number of hydrogen-bond donors (Lipinski definition) is 1. The maximum absolute atomic E-state index is 13.3. The summed E-state index contributed by atoms with van der Waals surface area (Å²) in [4.78, 5) is 33.1. The Bertz CT molecular complexity index is 1340. The Balaban J connectivity index is 2.00. The molecule has 18 heteroatoms. The average Bonchev–Trinajstić information content (AvgIpc) is 3.38. The fraction of sp³-hybridized carbons (Fsp3) is 0.500. The van der Waals surface area contributed by atoms with Crippen molar-refractivity contribution in [3.63, 3.8) is 0 Å². The molecule has 0 aliphatic rings. The first kappa shape index (κ1) is 26.8. The largest absolute Gasteiger partial charge is 0.507 e. The molecule has 0 aliphatic carbocycles. The maximum atomic E-state index is 13.3. The molecule has 0 bridgehead atoms. The second kappa shape index (κ2) is 10.4. The van der Waals surface area contributed by atoms with E-state index in [1.165, 1.54) is 18.8 Å². The molecule has 0 fully saturated rings. The highest BCUT2D eigenvalue weighted by Gasteiger charge is 2.34. The molecule has 3 rings (SSSR count). The van der Waals surface area contributed by atoms with Crippen LogP contribution in [0.15, 0.2) is 17.1 Å². The van der Waals surface area contributed by atoms with Crippen LogP contribution in [0.2, 0.25) is 0 Å². The summed E-state index contributed by atoms with van der Waals surface area (Å²) >= 11 is 1.13. The third kappa shape index (κ3) is 6.04. The van der Waals surface area contributed by atoms with E-state index >= 15 is 0 Å². The van der Waals surface area contributed by atoms with Gasteiger partial charge in [-0.1, -0.05) is 6.92 Å². The van der Waals surface area contributed by atoms with Crippen LogP contribution in [-0.4, -0.2) is 62.2 Å². The maximum Gasteiger partial charge on any atom is 0.507 e. The minimum absolute atomic E-state index is 0.0861. The zero-order valence-electron chi connectivity index (χ0n) is 19.5. The van der Waals surface area contributed by atoms with Crippen molar-refractivity contribution in [2.24, 2.45) is 19.1 Å². The Hall–Kier alpha value is -3.83. The minimum Gasteiger partial charge on any atom is -0.450 e. The van der Waals surface area contributed by atoms with Gasteiger partial charge in [0, 0.05) is 19.2 Å². The van der Waals surface area contributed by atoms with Gasteiger partial charge >= 0.3 is 12.3 Å². The Morgan fingerprint density at radius 3 is 2.47 bits per heavy atom. The van der Waals surface area contributed by atoms with Crippen molar-refractivity contribution < 1.29 is 32.6 Å². The fourth-order valence-electron chi connectivity index (χ4n) is 2.93. The highest BCUT2D eigenvalue weighted by Crippen LogP contribution is 2.29. The van der Waals surface area contributed by atoms with Gasteiger partial charge in [0.05, 0.1) is 24.1 Å². The third-order valence-electron chi connectivity index (χ3n) is 4.87. The van der Waals surface area contributed by atoms with E-state index in [0.717, 1.165) is 27.2 Å². The van der Waals surface area contributed by atoms with Gasteiger partial charge in [-0.05, 0) is 34.7 Å². The second-order valence-corrected chi connectivity index (χ2v) is 8.49. The third-order valence-corrected chi connectivity index (χ3v) is 5.81. The van der Waals surface area contributed by atoms with Gasteiger partial charge in [-0.3, -0.25) is 4.79 Å². The van der Waals surface area contributed by atoms with E-state index in [1.54, 1.807) is 14.0 Å². The number of aryl methyl sites for hydroxylation is 2. The summed E-state index contributed by atoms with van der Waals surface area (Å²) in [6.07, 6.45) is -6.20. The van der Waals surface area contributed by atoms with Crippen LogP contribution in [-0.2, 0) is 42.2 Å². The fourth-order valence-corrected chi connectivity index (χ4v) is 3.74. The van der Waals surface area contributed by atoms with Crippen molar-refractivity contribution >= 4 is 23.8 Å². The SMILES string of the molecule is CCC(C)(OC(=O)O)n1nnn(C)c1=NC(=O)c1ccc(C(F)(F)F)nc1CSCc1nnn(C)n1. The Kier molecular flexibility index (Phi) is 7.75. The van der Waals surface area contributed by atoms with Crippen molar-refractivity contribution in [3.8, 4) is 0 Å². The Morgan fingerprint density at radius 2 is 1.89 bits per heavy atom. The summed E-state index contributed by atoms with van der Waals surface area (Å²) in [7, 11) is 2.97. The summed E-state index contributed by atoms with van der Waals surface area (Å²) in [5, 5.41) is 28.1. The quantitative estimate of drug-likeness (QED) is 0.419. The lowest BCUT2D eigenvalue weighted by Gasteiger charge is -2.25. The highest BCUT2D eigenvalue weighted by atomic mass is 32.2. The van der Waals surface area contributed by atoms with Crippen LogP contribution in [0.4, 0.5) is 18.0 Å². The Morgan fingerprint density at radius 1 is 1.17 bits per heavy atom. The van der Waals surface area contributed by atoms with Crippen molar-refractivity contribution in [3.05, 3.63) is 40.5 Å². The Labute approximate surface area is 205 Å². The van der Waals surface area contributed by atoms with Gasteiger partial charge in [0.2, 0.25) is 5.72 Å². The molecule has 0 saturated carbocycles. The number of rotatable bonds is 8. The van der Waals surface area contributed by atoms with Gasteiger partial charge in [-0.25, -0.2) is 14.5 Å². The van der Waals surface area contributed by atoms with Crippen molar-refractivity contribution in [2.45, 2.75) is 43.7 Å². The van der Waals surface area contributed by atoms with Crippen LogP contribution in [0, 0.1) is 0 Å². The average molecular weight is 530 g/mol. The zero-order valence-corrected chi connectivity index (χ0v) is 20.3. The number of halogens is 3. The highest BCUT2D eigenvalue weighted by molar-refractivity contribution is 7.97. The number of aromatic nitrogens is 9. The van der Waals surface area contributed by atoms with Gasteiger partial charge in [0.15, 0.2) is 5.82 Å². The first-order valence-corrected chi connectivity index (χ1v) is 11.4. The molecule has 0 saturated heterocycles. The second-order valence-electron chi connectivity index (χ2n) is 7.50. The van der Waals surface area contributed by atoms with Crippen LogP contribution in [0.25, 0.3) is 0 Å². The lowest BCUT2D eigenvalue weighted by atomic mass is 10.1. The number of tetrazole rings is 2. The number of carbonyl (C=O) groups excluding carboxylic acids is 1.